The van der Waals surface area contributed by atoms with Crippen molar-refractivity contribution < 1.29 is 15.0 Å². The molecule has 2 unspecified atom stereocenters. The van der Waals surface area contributed by atoms with Gasteiger partial charge in [-0.1, -0.05) is 58.3 Å². The number of nitrogens with one attached hydrogen (secondary N) is 1. The minimum Gasteiger partial charge on any atom is -0.481 e. The molecule has 0 aliphatic heterocycles. The number of nitrogens with two attached hydrogens (primary N) is 1. The van der Waals surface area contributed by atoms with E-state index in [1.54, 1.807) is 20.8 Å². The molecule has 0 rings (SSSR count). The zero-order valence-corrected chi connectivity index (χ0v) is 18.4. The molecule has 0 aliphatic rings. The minimum atomic E-state index is -0.940. The van der Waals surface area contributed by atoms with Gasteiger partial charge in [0.25, 0.3) is 0 Å². The van der Waals surface area contributed by atoms with Crippen molar-refractivity contribution in [2.45, 2.75) is 116 Å². The average Bonchev–Trinajstić information content (AvgIpc) is 2.59. The Balaban J connectivity index is 5.00. The number of aliphatic carboxylic acids is 1. The van der Waals surface area contributed by atoms with Crippen LogP contribution >= 0.6 is 0 Å². The smallest absolute Gasteiger partial charge is 0.310 e. The lowest BCUT2D eigenvalue weighted by atomic mass is 9.66. The number of carboxylic acid groups (broad SMARTS) is 1. The first-order chi connectivity index (χ1) is 12.7. The molecule has 0 fully saturated rings. The number of hydrogen-bond acceptors (Lipinski definition) is 4. The van der Waals surface area contributed by atoms with E-state index in [1.165, 1.54) is 25.7 Å². The molecule has 5 nitrogen and oxygen atoms in total. The van der Waals surface area contributed by atoms with Gasteiger partial charge in [-0.05, 0) is 59.5 Å². The molecular weight excluding hydrogens is 340 g/mol. The van der Waals surface area contributed by atoms with Gasteiger partial charge in [0, 0.05) is 5.54 Å². The van der Waals surface area contributed by atoms with Crippen LogP contribution in [-0.4, -0.2) is 40.9 Å². The van der Waals surface area contributed by atoms with Gasteiger partial charge in [-0.15, -0.1) is 0 Å². The van der Waals surface area contributed by atoms with Crippen molar-refractivity contribution in [3.63, 3.8) is 0 Å². The topological polar surface area (TPSA) is 95.6 Å². The second kappa shape index (κ2) is 14.4. The molecule has 0 aromatic rings. The van der Waals surface area contributed by atoms with E-state index < -0.39 is 23.0 Å². The molecule has 0 amide bonds. The third kappa shape index (κ3) is 9.91. The van der Waals surface area contributed by atoms with Gasteiger partial charge in [-0.25, -0.2) is 0 Å². The monoisotopic (exact) mass is 386 g/mol. The number of rotatable bonds is 18. The molecule has 27 heavy (non-hydrogen) atoms. The molecule has 0 saturated carbocycles. The Labute approximate surface area is 167 Å². The molecule has 0 bridgehead atoms. The van der Waals surface area contributed by atoms with Crippen LogP contribution in [0.25, 0.3) is 0 Å². The van der Waals surface area contributed by atoms with Crippen LogP contribution in [0.4, 0.5) is 0 Å². The molecular formula is C22H46N2O3. The minimum absolute atomic E-state index is 0.462. The van der Waals surface area contributed by atoms with Crippen LogP contribution < -0.4 is 11.1 Å². The Hall–Kier alpha value is -0.650. The molecule has 2 atom stereocenters. The predicted octanol–water partition coefficient (Wildman–Crippen LogP) is 4.47. The highest BCUT2D eigenvalue weighted by atomic mass is 16.4. The van der Waals surface area contributed by atoms with E-state index in [2.05, 4.69) is 12.2 Å². The summed E-state index contributed by atoms with van der Waals surface area (Å²) in [5.74, 6) is -0.801. The molecule has 5 N–H and O–H groups in total. The van der Waals surface area contributed by atoms with Crippen LogP contribution in [0.1, 0.15) is 105 Å². The summed E-state index contributed by atoms with van der Waals surface area (Å²) in [6.07, 6.45) is 12.0. The maximum Gasteiger partial charge on any atom is 0.310 e. The van der Waals surface area contributed by atoms with E-state index >= 15 is 0 Å². The molecule has 0 aromatic heterocycles. The first kappa shape index (κ1) is 26.4. The summed E-state index contributed by atoms with van der Waals surface area (Å²) in [4.78, 5) is 12.1. The fraction of sp³-hybridized carbons (Fsp3) is 0.955. The van der Waals surface area contributed by atoms with Crippen molar-refractivity contribution in [2.24, 2.45) is 11.1 Å². The summed E-state index contributed by atoms with van der Waals surface area (Å²) in [5, 5.41) is 23.6. The standard InChI is InChI=1S/C22H46N2O3/c1-5-6-7-8-9-12-15-22(18-19(2)25,21(3,4)20(26)27)24-17-14-11-10-13-16-23/h19,24-25H,5-18,23H2,1-4H3,(H,26,27). The fourth-order valence-electron chi connectivity index (χ4n) is 3.92. The fourth-order valence-corrected chi connectivity index (χ4v) is 3.92. The molecule has 0 radical (unpaired) electrons. The van der Waals surface area contributed by atoms with Crippen molar-refractivity contribution in [3.8, 4) is 0 Å². The maximum absolute atomic E-state index is 12.1. The Bertz CT molecular complexity index is 368. The number of aliphatic hydroxyl groups excluding tert-OH is 1. The second-order valence-corrected chi connectivity index (χ2v) is 8.71. The Morgan fingerprint density at radius 3 is 2.11 bits per heavy atom. The summed E-state index contributed by atoms with van der Waals surface area (Å²) in [5.41, 5.74) is 4.02. The zero-order chi connectivity index (χ0) is 20.8. The van der Waals surface area contributed by atoms with Crippen molar-refractivity contribution in [1.29, 1.82) is 0 Å². The van der Waals surface area contributed by atoms with Gasteiger partial charge >= 0.3 is 5.97 Å². The summed E-state index contributed by atoms with van der Waals surface area (Å²) >= 11 is 0. The van der Waals surface area contributed by atoms with Crippen molar-refractivity contribution >= 4 is 5.97 Å². The highest BCUT2D eigenvalue weighted by Crippen LogP contribution is 2.39. The van der Waals surface area contributed by atoms with Crippen molar-refractivity contribution in [1.82, 2.24) is 5.32 Å². The van der Waals surface area contributed by atoms with Gasteiger partial charge in [0.15, 0.2) is 0 Å². The number of aliphatic hydroxyl groups is 1. The summed E-state index contributed by atoms with van der Waals surface area (Å²) in [6.45, 7) is 9.08. The van der Waals surface area contributed by atoms with E-state index in [-0.39, 0.29) is 0 Å². The Kier molecular flexibility index (Phi) is 14.0. The number of carbonyl (C=O) groups is 1. The molecule has 162 valence electrons. The van der Waals surface area contributed by atoms with Crippen molar-refractivity contribution in [3.05, 3.63) is 0 Å². The van der Waals surface area contributed by atoms with E-state index in [0.29, 0.717) is 6.42 Å². The van der Waals surface area contributed by atoms with Gasteiger partial charge in [0.05, 0.1) is 11.5 Å². The predicted molar refractivity (Wildman–Crippen MR) is 114 cm³/mol. The highest BCUT2D eigenvalue weighted by molar-refractivity contribution is 5.75. The van der Waals surface area contributed by atoms with Crippen LogP contribution in [0.2, 0.25) is 0 Å². The summed E-state index contributed by atoms with van der Waals surface area (Å²) in [6, 6.07) is 0. The normalized spacial score (nSPS) is 15.5. The summed E-state index contributed by atoms with van der Waals surface area (Å²) < 4.78 is 0. The number of unbranched alkanes of at least 4 members (excludes halogenated alkanes) is 8. The first-order valence-corrected chi connectivity index (χ1v) is 11.1. The number of hydrogen-bond donors (Lipinski definition) is 4. The lowest BCUT2D eigenvalue weighted by Gasteiger charge is -2.46. The van der Waals surface area contributed by atoms with Crippen LogP contribution in [-0.2, 0) is 4.79 Å². The SMILES string of the molecule is CCCCCCCCC(CC(C)O)(NCCCCCCN)C(C)(C)C(=O)O. The average molecular weight is 387 g/mol. The quantitative estimate of drug-likeness (QED) is 0.261. The Morgan fingerprint density at radius 2 is 1.56 bits per heavy atom. The third-order valence-electron chi connectivity index (χ3n) is 5.93. The Morgan fingerprint density at radius 1 is 1.00 bits per heavy atom. The zero-order valence-electron chi connectivity index (χ0n) is 18.4. The van der Waals surface area contributed by atoms with Crippen molar-refractivity contribution in [2.75, 3.05) is 13.1 Å². The van der Waals surface area contributed by atoms with Gasteiger partial charge in [0.1, 0.15) is 0 Å². The highest BCUT2D eigenvalue weighted by Gasteiger charge is 2.49. The van der Waals surface area contributed by atoms with E-state index in [0.717, 1.165) is 58.0 Å². The third-order valence-corrected chi connectivity index (χ3v) is 5.93. The van der Waals surface area contributed by atoms with Gasteiger partial charge in [-0.3, -0.25) is 4.79 Å². The van der Waals surface area contributed by atoms with Crippen LogP contribution in [0.15, 0.2) is 0 Å². The van der Waals surface area contributed by atoms with Gasteiger partial charge in [-0.2, -0.15) is 0 Å². The molecule has 0 spiro atoms. The van der Waals surface area contributed by atoms with Gasteiger partial charge in [0.2, 0.25) is 0 Å². The van der Waals surface area contributed by atoms with E-state index in [4.69, 9.17) is 5.73 Å². The lowest BCUT2D eigenvalue weighted by Crippen LogP contribution is -2.60. The molecule has 0 heterocycles. The van der Waals surface area contributed by atoms with E-state index in [1.807, 2.05) is 0 Å². The van der Waals surface area contributed by atoms with Crippen LogP contribution in [0.3, 0.4) is 0 Å². The lowest BCUT2D eigenvalue weighted by molar-refractivity contribution is -0.153. The maximum atomic E-state index is 12.1. The second-order valence-electron chi connectivity index (χ2n) is 8.71. The molecule has 0 aliphatic carbocycles. The summed E-state index contributed by atoms with van der Waals surface area (Å²) in [7, 11) is 0. The molecule has 5 heteroatoms. The van der Waals surface area contributed by atoms with Gasteiger partial charge < -0.3 is 21.3 Å². The van der Waals surface area contributed by atoms with Crippen LogP contribution in [0.5, 0.6) is 0 Å². The number of carboxylic acids is 1. The first-order valence-electron chi connectivity index (χ1n) is 11.1. The molecule has 0 aromatic carbocycles. The molecule has 0 saturated heterocycles. The van der Waals surface area contributed by atoms with E-state index in [9.17, 15) is 15.0 Å². The van der Waals surface area contributed by atoms with Crippen LogP contribution in [0, 0.1) is 5.41 Å². The largest absolute Gasteiger partial charge is 0.481 e.